The summed E-state index contributed by atoms with van der Waals surface area (Å²) in [6.45, 7) is 3.74. The molecular weight excluding hydrogens is 388 g/mol. The Morgan fingerprint density at radius 3 is 2.59 bits per heavy atom. The highest BCUT2D eigenvalue weighted by Gasteiger charge is 2.12. The van der Waals surface area contributed by atoms with Gasteiger partial charge in [-0.1, -0.05) is 18.5 Å². The third kappa shape index (κ3) is 4.20. The number of aromatic amines is 1. The van der Waals surface area contributed by atoms with Crippen molar-refractivity contribution in [1.82, 2.24) is 20.2 Å². The smallest absolute Gasteiger partial charge is 0.224 e. The van der Waals surface area contributed by atoms with Crippen molar-refractivity contribution in [2.24, 2.45) is 0 Å². The van der Waals surface area contributed by atoms with Crippen LogP contribution in [0.2, 0.25) is 5.02 Å². The van der Waals surface area contributed by atoms with Crippen molar-refractivity contribution in [3.8, 4) is 11.4 Å². The Morgan fingerprint density at radius 1 is 1.10 bits per heavy atom. The van der Waals surface area contributed by atoms with E-state index in [9.17, 15) is 4.79 Å². The number of hydrogen-bond donors (Lipinski definition) is 3. The normalized spacial score (nSPS) is 10.9. The van der Waals surface area contributed by atoms with Crippen LogP contribution in [0.1, 0.15) is 19.0 Å². The number of benzene rings is 2. The van der Waals surface area contributed by atoms with Crippen LogP contribution in [0.5, 0.6) is 0 Å². The molecule has 3 N–H and O–H groups in total. The van der Waals surface area contributed by atoms with E-state index in [1.807, 2.05) is 50.2 Å². The van der Waals surface area contributed by atoms with E-state index in [4.69, 9.17) is 21.6 Å². The maximum atomic E-state index is 11.8. The zero-order chi connectivity index (χ0) is 20.4. The van der Waals surface area contributed by atoms with E-state index in [1.165, 1.54) is 0 Å². The van der Waals surface area contributed by atoms with E-state index in [-0.39, 0.29) is 5.91 Å². The molecule has 0 radical (unpaired) electrons. The molecule has 0 unspecified atom stereocenters. The molecule has 4 aromatic rings. The largest absolute Gasteiger partial charge is 0.326 e. The molecule has 0 spiro atoms. The molecule has 0 bridgehead atoms. The Kier molecular flexibility index (Phi) is 5.14. The minimum absolute atomic E-state index is 0.0540. The van der Waals surface area contributed by atoms with Crippen molar-refractivity contribution in [2.45, 2.75) is 20.3 Å². The third-order valence-electron chi connectivity index (χ3n) is 4.36. The van der Waals surface area contributed by atoms with Gasteiger partial charge in [-0.2, -0.15) is 5.10 Å². The Morgan fingerprint density at radius 2 is 1.90 bits per heavy atom. The summed E-state index contributed by atoms with van der Waals surface area (Å²) in [7, 11) is 0. The predicted molar refractivity (Wildman–Crippen MR) is 116 cm³/mol. The fourth-order valence-corrected chi connectivity index (χ4v) is 3.01. The van der Waals surface area contributed by atoms with E-state index in [1.54, 1.807) is 12.1 Å². The molecule has 0 aliphatic carbocycles. The number of aromatic nitrogens is 4. The second kappa shape index (κ2) is 7.89. The van der Waals surface area contributed by atoms with Crippen LogP contribution >= 0.6 is 11.6 Å². The lowest BCUT2D eigenvalue weighted by molar-refractivity contribution is -0.115. The van der Waals surface area contributed by atoms with Crippen LogP contribution in [0.3, 0.4) is 0 Å². The minimum atomic E-state index is -0.0540. The molecule has 146 valence electrons. The molecule has 2 heterocycles. The Balaban J connectivity index is 1.83. The Bertz CT molecular complexity index is 1190. The van der Waals surface area contributed by atoms with Gasteiger partial charge in [0.2, 0.25) is 5.91 Å². The van der Waals surface area contributed by atoms with Gasteiger partial charge in [-0.15, -0.1) is 0 Å². The first-order valence-electron chi connectivity index (χ1n) is 9.18. The van der Waals surface area contributed by atoms with Crippen LogP contribution in [0.4, 0.5) is 17.3 Å². The molecule has 0 fully saturated rings. The van der Waals surface area contributed by atoms with Crippen LogP contribution in [0.25, 0.3) is 22.3 Å². The molecule has 2 aromatic heterocycles. The topological polar surface area (TPSA) is 95.6 Å². The van der Waals surface area contributed by atoms with Crippen molar-refractivity contribution in [2.75, 3.05) is 10.6 Å². The first-order valence-corrected chi connectivity index (χ1v) is 9.56. The first kappa shape index (κ1) is 18.9. The highest BCUT2D eigenvalue weighted by molar-refractivity contribution is 6.30. The molecule has 0 saturated carbocycles. The van der Waals surface area contributed by atoms with Crippen molar-refractivity contribution in [1.29, 1.82) is 0 Å². The zero-order valence-corrected chi connectivity index (χ0v) is 16.7. The molecule has 0 atom stereocenters. The fourth-order valence-electron chi connectivity index (χ4n) is 2.88. The highest BCUT2D eigenvalue weighted by Crippen LogP contribution is 2.29. The molecular formula is C21H19ClN6O. The van der Waals surface area contributed by atoms with Crippen LogP contribution < -0.4 is 10.6 Å². The van der Waals surface area contributed by atoms with Gasteiger partial charge in [-0.05, 0) is 49.4 Å². The van der Waals surface area contributed by atoms with Crippen LogP contribution in [-0.2, 0) is 4.79 Å². The number of H-pyrrole nitrogens is 1. The number of rotatable bonds is 5. The summed E-state index contributed by atoms with van der Waals surface area (Å²) in [5, 5.41) is 14.7. The number of hydrogen-bond acceptors (Lipinski definition) is 5. The van der Waals surface area contributed by atoms with Crippen molar-refractivity contribution in [3.63, 3.8) is 0 Å². The number of fused-ring (bicyclic) bond motifs is 1. The molecule has 2 aromatic carbocycles. The van der Waals surface area contributed by atoms with E-state index in [2.05, 4.69) is 20.8 Å². The van der Waals surface area contributed by atoms with Crippen LogP contribution in [0.15, 0.2) is 48.5 Å². The molecule has 8 heteroatoms. The van der Waals surface area contributed by atoms with E-state index >= 15 is 0 Å². The van der Waals surface area contributed by atoms with Gasteiger partial charge in [0, 0.05) is 39.8 Å². The summed E-state index contributed by atoms with van der Waals surface area (Å²) in [4.78, 5) is 21.2. The third-order valence-corrected chi connectivity index (χ3v) is 4.61. The van der Waals surface area contributed by atoms with Crippen molar-refractivity contribution < 1.29 is 4.79 Å². The average Bonchev–Trinajstić information content (AvgIpc) is 3.12. The van der Waals surface area contributed by atoms with Crippen LogP contribution in [-0.4, -0.2) is 26.1 Å². The van der Waals surface area contributed by atoms with Gasteiger partial charge in [0.25, 0.3) is 0 Å². The van der Waals surface area contributed by atoms with E-state index in [0.717, 1.165) is 16.6 Å². The molecule has 29 heavy (non-hydrogen) atoms. The molecule has 0 saturated heterocycles. The lowest BCUT2D eigenvalue weighted by Crippen LogP contribution is -2.09. The second-order valence-electron chi connectivity index (χ2n) is 6.60. The SMILES string of the molecule is CCC(=O)Nc1ccc2c(Nc3cc(C)[nH]n3)nc(-c3ccc(Cl)cc3)nc2c1. The summed E-state index contributed by atoms with van der Waals surface area (Å²) in [5.74, 6) is 1.78. The minimum Gasteiger partial charge on any atom is -0.326 e. The standard InChI is InChI=1S/C21H19ClN6O/c1-3-19(29)23-15-8-9-16-17(11-15)24-20(13-4-6-14(22)7-5-13)26-21(16)25-18-10-12(2)27-28-18/h4-11H,3H2,1-2H3,(H,23,29)(H2,24,25,26,27,28). The number of carbonyl (C=O) groups excluding carboxylic acids is 1. The first-order chi connectivity index (χ1) is 14.0. The van der Waals surface area contributed by atoms with Gasteiger partial charge in [0.05, 0.1) is 5.52 Å². The van der Waals surface area contributed by atoms with Gasteiger partial charge >= 0.3 is 0 Å². The number of nitrogens with zero attached hydrogens (tertiary/aromatic N) is 3. The number of amides is 1. The quantitative estimate of drug-likeness (QED) is 0.429. The average molecular weight is 407 g/mol. The summed E-state index contributed by atoms with van der Waals surface area (Å²) in [6, 6.07) is 14.8. The van der Waals surface area contributed by atoms with Crippen molar-refractivity contribution >= 4 is 45.7 Å². The van der Waals surface area contributed by atoms with Crippen LogP contribution in [0, 0.1) is 6.92 Å². The Hall–Kier alpha value is -3.45. The van der Waals surface area contributed by atoms with Crippen molar-refractivity contribution in [3.05, 3.63) is 59.2 Å². The number of anilines is 3. The van der Waals surface area contributed by atoms with E-state index in [0.29, 0.717) is 40.1 Å². The van der Waals surface area contributed by atoms with Gasteiger partial charge in [0.15, 0.2) is 11.6 Å². The molecule has 0 aliphatic heterocycles. The van der Waals surface area contributed by atoms with Gasteiger partial charge in [0.1, 0.15) is 5.82 Å². The molecule has 7 nitrogen and oxygen atoms in total. The zero-order valence-electron chi connectivity index (χ0n) is 16.0. The van der Waals surface area contributed by atoms with Gasteiger partial charge in [-0.25, -0.2) is 9.97 Å². The fraction of sp³-hybridized carbons (Fsp3) is 0.143. The maximum Gasteiger partial charge on any atom is 0.224 e. The number of aryl methyl sites for hydroxylation is 1. The van der Waals surface area contributed by atoms with E-state index < -0.39 is 0 Å². The summed E-state index contributed by atoms with van der Waals surface area (Å²) < 4.78 is 0. The number of halogens is 1. The number of nitrogens with one attached hydrogen (secondary N) is 3. The summed E-state index contributed by atoms with van der Waals surface area (Å²) in [6.07, 6.45) is 0.406. The maximum absolute atomic E-state index is 11.8. The second-order valence-corrected chi connectivity index (χ2v) is 7.03. The lowest BCUT2D eigenvalue weighted by Gasteiger charge is -2.11. The predicted octanol–water partition coefficient (Wildman–Crippen LogP) is 5.07. The molecule has 0 aliphatic rings. The summed E-state index contributed by atoms with van der Waals surface area (Å²) in [5.41, 5.74) is 3.16. The monoisotopic (exact) mass is 406 g/mol. The Labute approximate surface area is 172 Å². The highest BCUT2D eigenvalue weighted by atomic mass is 35.5. The number of carbonyl (C=O) groups is 1. The lowest BCUT2D eigenvalue weighted by atomic mass is 10.1. The summed E-state index contributed by atoms with van der Waals surface area (Å²) >= 11 is 6.01. The molecule has 1 amide bonds. The van der Waals surface area contributed by atoms with Gasteiger partial charge < -0.3 is 10.6 Å². The van der Waals surface area contributed by atoms with Gasteiger partial charge in [-0.3, -0.25) is 9.89 Å². The molecule has 4 rings (SSSR count).